The van der Waals surface area contributed by atoms with Crippen LogP contribution in [0.5, 0.6) is 0 Å². The van der Waals surface area contributed by atoms with E-state index in [4.69, 9.17) is 0 Å². The number of benzene rings is 3. The molecule has 0 spiro atoms. The summed E-state index contributed by atoms with van der Waals surface area (Å²) in [6.45, 7) is 2.41. The molecule has 190 valence electrons. The minimum absolute atomic E-state index is 0.0988. The van der Waals surface area contributed by atoms with Crippen LogP contribution in [0.25, 0.3) is 0 Å². The van der Waals surface area contributed by atoms with Gasteiger partial charge in [0, 0.05) is 33.0 Å². The average molecular weight is 498 g/mol. The van der Waals surface area contributed by atoms with Crippen LogP contribution in [0.3, 0.4) is 0 Å². The number of rotatable bonds is 10. The number of carbonyl (C=O) groups is 4. The summed E-state index contributed by atoms with van der Waals surface area (Å²) in [5.41, 5.74) is 3.75. The molecule has 1 heterocycles. The number of hydrogen-bond donors (Lipinski definition) is 1. The molecule has 1 aliphatic rings. The Morgan fingerprint density at radius 2 is 1.43 bits per heavy atom. The number of likely N-dealkylation sites (N-methyl/N-ethyl adjacent to an activating group) is 1. The summed E-state index contributed by atoms with van der Waals surface area (Å²) in [6.07, 6.45) is 0.776. The Balaban J connectivity index is 1.51. The molecule has 7 nitrogen and oxygen atoms in total. The van der Waals surface area contributed by atoms with Gasteiger partial charge >= 0.3 is 0 Å². The summed E-state index contributed by atoms with van der Waals surface area (Å²) in [7, 11) is 1.57. The van der Waals surface area contributed by atoms with E-state index in [1.54, 1.807) is 36.2 Å². The second-order valence-corrected chi connectivity index (χ2v) is 9.24. The van der Waals surface area contributed by atoms with Gasteiger partial charge in [-0.25, -0.2) is 0 Å². The Morgan fingerprint density at radius 1 is 0.838 bits per heavy atom. The fourth-order valence-corrected chi connectivity index (χ4v) is 4.58. The van der Waals surface area contributed by atoms with Crippen molar-refractivity contribution >= 4 is 23.6 Å². The minimum Gasteiger partial charge on any atom is -0.357 e. The Kier molecular flexibility index (Phi) is 8.13. The van der Waals surface area contributed by atoms with Crippen LogP contribution in [0.4, 0.5) is 0 Å². The van der Waals surface area contributed by atoms with Crippen LogP contribution in [0.1, 0.15) is 50.2 Å². The summed E-state index contributed by atoms with van der Waals surface area (Å²) < 4.78 is 0. The number of hydrogen-bond acceptors (Lipinski definition) is 4. The van der Waals surface area contributed by atoms with E-state index in [2.05, 4.69) is 5.32 Å². The van der Waals surface area contributed by atoms with Gasteiger partial charge in [-0.05, 0) is 36.6 Å². The van der Waals surface area contributed by atoms with Gasteiger partial charge in [-0.3, -0.25) is 24.1 Å². The second-order valence-electron chi connectivity index (χ2n) is 9.24. The normalized spacial score (nSPS) is 13.3. The predicted octanol–water partition coefficient (Wildman–Crippen LogP) is 3.76. The van der Waals surface area contributed by atoms with Crippen LogP contribution >= 0.6 is 0 Å². The van der Waals surface area contributed by atoms with Crippen molar-refractivity contribution < 1.29 is 19.2 Å². The van der Waals surface area contributed by atoms with Crippen molar-refractivity contribution in [3.05, 3.63) is 107 Å². The van der Waals surface area contributed by atoms with E-state index in [0.29, 0.717) is 24.0 Å². The fraction of sp³-hybridized carbons (Fsp3) is 0.267. The van der Waals surface area contributed by atoms with E-state index in [-0.39, 0.29) is 43.1 Å². The first-order valence-corrected chi connectivity index (χ1v) is 12.4. The molecule has 1 unspecified atom stereocenters. The van der Waals surface area contributed by atoms with Crippen molar-refractivity contribution in [1.82, 2.24) is 15.1 Å². The highest BCUT2D eigenvalue weighted by molar-refractivity contribution is 6.21. The molecule has 0 bridgehead atoms. The zero-order chi connectivity index (χ0) is 26.4. The molecule has 37 heavy (non-hydrogen) atoms. The van der Waals surface area contributed by atoms with E-state index in [0.717, 1.165) is 16.7 Å². The van der Waals surface area contributed by atoms with Crippen molar-refractivity contribution in [3.8, 4) is 0 Å². The largest absolute Gasteiger partial charge is 0.357 e. The van der Waals surface area contributed by atoms with Gasteiger partial charge < -0.3 is 10.2 Å². The number of fused-ring (bicyclic) bond motifs is 1. The lowest BCUT2D eigenvalue weighted by atomic mass is 10.0. The Labute approximate surface area is 217 Å². The van der Waals surface area contributed by atoms with Crippen LogP contribution in [0, 0.1) is 6.92 Å². The zero-order valence-corrected chi connectivity index (χ0v) is 21.1. The van der Waals surface area contributed by atoms with Gasteiger partial charge in [-0.15, -0.1) is 0 Å². The maximum atomic E-state index is 13.6. The highest BCUT2D eigenvalue weighted by Crippen LogP contribution is 2.23. The first kappa shape index (κ1) is 25.8. The SMILES string of the molecule is CNC(=O)C(Cc1ccccc1)N(Cc1ccc(C)cc1)C(=O)CCCN1C(=O)c2ccccc2C1=O. The van der Waals surface area contributed by atoms with Gasteiger partial charge in [0.2, 0.25) is 11.8 Å². The lowest BCUT2D eigenvalue weighted by Crippen LogP contribution is -2.49. The lowest BCUT2D eigenvalue weighted by molar-refractivity contribution is -0.141. The van der Waals surface area contributed by atoms with Crippen LogP contribution in [-0.4, -0.2) is 53.1 Å². The molecule has 0 aromatic heterocycles. The van der Waals surface area contributed by atoms with Gasteiger partial charge in [0.25, 0.3) is 11.8 Å². The second kappa shape index (κ2) is 11.6. The first-order valence-electron chi connectivity index (χ1n) is 12.4. The molecule has 4 rings (SSSR count). The third-order valence-electron chi connectivity index (χ3n) is 6.64. The van der Waals surface area contributed by atoms with Gasteiger partial charge in [0.15, 0.2) is 0 Å². The van der Waals surface area contributed by atoms with Crippen LogP contribution in [0.2, 0.25) is 0 Å². The smallest absolute Gasteiger partial charge is 0.261 e. The Morgan fingerprint density at radius 3 is 2.03 bits per heavy atom. The summed E-state index contributed by atoms with van der Waals surface area (Å²) in [6, 6.07) is 23.5. The molecule has 1 N–H and O–H groups in total. The molecule has 0 saturated carbocycles. The summed E-state index contributed by atoms with van der Waals surface area (Å²) in [5.74, 6) is -1.12. The third-order valence-corrected chi connectivity index (χ3v) is 6.64. The first-order chi connectivity index (χ1) is 17.9. The molecule has 7 heteroatoms. The Bertz CT molecular complexity index is 1250. The van der Waals surface area contributed by atoms with Crippen LogP contribution < -0.4 is 5.32 Å². The van der Waals surface area contributed by atoms with Crippen LogP contribution in [-0.2, 0) is 22.6 Å². The molecule has 3 aromatic carbocycles. The van der Waals surface area contributed by atoms with Gasteiger partial charge in [-0.1, -0.05) is 72.3 Å². The molecule has 0 aliphatic carbocycles. The highest BCUT2D eigenvalue weighted by atomic mass is 16.2. The van der Waals surface area contributed by atoms with Gasteiger partial charge in [0.05, 0.1) is 11.1 Å². The molecule has 0 radical (unpaired) electrons. The Hall–Kier alpha value is -4.26. The predicted molar refractivity (Wildman–Crippen MR) is 141 cm³/mol. The summed E-state index contributed by atoms with van der Waals surface area (Å²) in [5, 5.41) is 2.71. The molecule has 4 amide bonds. The van der Waals surface area contributed by atoms with Crippen molar-refractivity contribution in [3.63, 3.8) is 0 Å². The lowest BCUT2D eigenvalue weighted by Gasteiger charge is -2.31. The third kappa shape index (κ3) is 5.94. The standard InChI is InChI=1S/C30H31N3O4/c1-21-14-16-23(17-15-21)20-33(26(28(35)31-2)19-22-9-4-3-5-10-22)27(34)13-8-18-32-29(36)24-11-6-7-12-25(24)30(32)37/h3-7,9-12,14-17,26H,8,13,18-20H2,1-2H3,(H,31,35). The highest BCUT2D eigenvalue weighted by Gasteiger charge is 2.35. The zero-order valence-electron chi connectivity index (χ0n) is 21.1. The number of carbonyl (C=O) groups excluding carboxylic acids is 4. The molecule has 0 saturated heterocycles. The molecule has 0 fully saturated rings. The van der Waals surface area contributed by atoms with Crippen molar-refractivity contribution in [1.29, 1.82) is 0 Å². The number of nitrogens with zero attached hydrogens (tertiary/aromatic N) is 2. The summed E-state index contributed by atoms with van der Waals surface area (Å²) >= 11 is 0. The molecule has 1 atom stereocenters. The molecule has 1 aliphatic heterocycles. The fourth-order valence-electron chi connectivity index (χ4n) is 4.58. The van der Waals surface area contributed by atoms with E-state index in [9.17, 15) is 19.2 Å². The maximum absolute atomic E-state index is 13.6. The van der Waals surface area contributed by atoms with Gasteiger partial charge in [-0.2, -0.15) is 0 Å². The number of nitrogens with one attached hydrogen (secondary N) is 1. The van der Waals surface area contributed by atoms with E-state index < -0.39 is 6.04 Å². The minimum atomic E-state index is -0.708. The quantitative estimate of drug-likeness (QED) is 0.432. The summed E-state index contributed by atoms with van der Waals surface area (Å²) in [4.78, 5) is 54.7. The van der Waals surface area contributed by atoms with Crippen molar-refractivity contribution in [2.24, 2.45) is 0 Å². The van der Waals surface area contributed by atoms with Crippen molar-refractivity contribution in [2.45, 2.75) is 38.8 Å². The molecule has 3 aromatic rings. The molecular formula is C30H31N3O4. The number of aryl methyl sites for hydroxylation is 1. The van der Waals surface area contributed by atoms with Crippen molar-refractivity contribution in [2.75, 3.05) is 13.6 Å². The van der Waals surface area contributed by atoms with Gasteiger partial charge in [0.1, 0.15) is 6.04 Å². The molecular weight excluding hydrogens is 466 g/mol. The van der Waals surface area contributed by atoms with Crippen LogP contribution in [0.15, 0.2) is 78.9 Å². The van der Waals surface area contributed by atoms with E-state index in [1.165, 1.54) is 4.90 Å². The van der Waals surface area contributed by atoms with E-state index in [1.807, 2.05) is 61.5 Å². The number of amides is 4. The maximum Gasteiger partial charge on any atom is 0.261 e. The number of imide groups is 1. The van der Waals surface area contributed by atoms with E-state index >= 15 is 0 Å². The average Bonchev–Trinajstić information content (AvgIpc) is 3.16. The topological polar surface area (TPSA) is 86.8 Å². The monoisotopic (exact) mass is 497 g/mol.